The van der Waals surface area contributed by atoms with Crippen molar-refractivity contribution in [2.75, 3.05) is 13.2 Å². The molecule has 1 aliphatic heterocycles. The van der Waals surface area contributed by atoms with Gasteiger partial charge in [0.05, 0.1) is 5.56 Å². The van der Waals surface area contributed by atoms with Crippen molar-refractivity contribution in [3.05, 3.63) is 82.8 Å². The first-order valence-electron chi connectivity index (χ1n) is 11.6. The second kappa shape index (κ2) is 10.3. The molecule has 1 saturated heterocycles. The van der Waals surface area contributed by atoms with Gasteiger partial charge in [-0.3, -0.25) is 19.6 Å². The standard InChI is InChI=1S/C27H26N4O3S/c1-17-24(27(33)31-23-5-8-34-9-6-23)12-25(35-17)22-10-18(13-29-16-22)14-30-26(32)20-2-3-21-15-28-7-4-19(21)11-20/h2-4,7,10-13,15-16,23H,5-6,8-9,14H2,1H3,(H,30,32)(H,31,33). The lowest BCUT2D eigenvalue weighted by molar-refractivity contribution is 0.0696. The maximum Gasteiger partial charge on any atom is 0.252 e. The molecule has 0 radical (unpaired) electrons. The molecule has 0 saturated carbocycles. The van der Waals surface area contributed by atoms with Gasteiger partial charge in [0.2, 0.25) is 0 Å². The molecule has 8 heteroatoms. The summed E-state index contributed by atoms with van der Waals surface area (Å²) in [6.45, 7) is 3.69. The maximum absolute atomic E-state index is 12.8. The van der Waals surface area contributed by atoms with Crippen LogP contribution < -0.4 is 10.6 Å². The van der Waals surface area contributed by atoms with Crippen LogP contribution in [-0.2, 0) is 11.3 Å². The highest BCUT2D eigenvalue weighted by atomic mass is 32.1. The van der Waals surface area contributed by atoms with E-state index >= 15 is 0 Å². The van der Waals surface area contributed by atoms with E-state index in [9.17, 15) is 9.59 Å². The lowest BCUT2D eigenvalue weighted by Gasteiger charge is -2.23. The molecule has 2 amide bonds. The Morgan fingerprint density at radius 2 is 1.86 bits per heavy atom. The number of fused-ring (bicyclic) bond motifs is 1. The zero-order chi connectivity index (χ0) is 24.2. The smallest absolute Gasteiger partial charge is 0.252 e. The number of carbonyl (C=O) groups excluding carboxylic acids is 2. The number of ether oxygens (including phenoxy) is 1. The number of nitrogens with zero attached hydrogens (tertiary/aromatic N) is 2. The monoisotopic (exact) mass is 486 g/mol. The van der Waals surface area contributed by atoms with E-state index in [1.165, 1.54) is 0 Å². The summed E-state index contributed by atoms with van der Waals surface area (Å²) in [5.41, 5.74) is 3.11. The molecule has 4 aromatic rings. The van der Waals surface area contributed by atoms with Crippen molar-refractivity contribution in [1.82, 2.24) is 20.6 Å². The summed E-state index contributed by atoms with van der Waals surface area (Å²) in [5, 5.41) is 8.07. The van der Waals surface area contributed by atoms with Crippen LogP contribution in [0.25, 0.3) is 21.2 Å². The highest BCUT2D eigenvalue weighted by Crippen LogP contribution is 2.31. The van der Waals surface area contributed by atoms with Gasteiger partial charge in [-0.15, -0.1) is 11.3 Å². The normalized spacial score (nSPS) is 14.1. The summed E-state index contributed by atoms with van der Waals surface area (Å²) in [6, 6.07) is 11.5. The van der Waals surface area contributed by atoms with Gasteiger partial charge >= 0.3 is 0 Å². The van der Waals surface area contributed by atoms with E-state index < -0.39 is 0 Å². The van der Waals surface area contributed by atoms with E-state index in [1.807, 2.05) is 37.3 Å². The number of benzene rings is 1. The quantitative estimate of drug-likeness (QED) is 0.418. The van der Waals surface area contributed by atoms with Crippen LogP contribution in [0.1, 0.15) is 44.0 Å². The summed E-state index contributed by atoms with van der Waals surface area (Å²) in [6.07, 6.45) is 8.71. The van der Waals surface area contributed by atoms with Crippen LogP contribution in [0.15, 0.2) is 61.2 Å². The van der Waals surface area contributed by atoms with E-state index in [4.69, 9.17) is 4.74 Å². The first kappa shape index (κ1) is 23.1. The number of hydrogen-bond donors (Lipinski definition) is 2. The average Bonchev–Trinajstić information content (AvgIpc) is 3.29. The number of thiophene rings is 1. The van der Waals surface area contributed by atoms with Crippen molar-refractivity contribution in [2.24, 2.45) is 0 Å². The number of aryl methyl sites for hydroxylation is 1. The van der Waals surface area contributed by atoms with Crippen LogP contribution in [0.4, 0.5) is 0 Å². The van der Waals surface area contributed by atoms with Gasteiger partial charge in [-0.05, 0) is 61.0 Å². The lowest BCUT2D eigenvalue weighted by atomic mass is 10.1. The molecule has 7 nitrogen and oxygen atoms in total. The van der Waals surface area contributed by atoms with Crippen LogP contribution in [0.3, 0.4) is 0 Å². The lowest BCUT2D eigenvalue weighted by Crippen LogP contribution is -2.38. The van der Waals surface area contributed by atoms with Gasteiger partial charge in [-0.1, -0.05) is 6.07 Å². The highest BCUT2D eigenvalue weighted by molar-refractivity contribution is 7.15. The van der Waals surface area contributed by atoms with Gasteiger partial charge in [-0.25, -0.2) is 0 Å². The highest BCUT2D eigenvalue weighted by Gasteiger charge is 2.20. The Labute approximate surface area is 207 Å². The molecule has 0 unspecified atom stereocenters. The molecule has 1 aliphatic rings. The Morgan fingerprint density at radius 3 is 2.71 bits per heavy atom. The minimum absolute atomic E-state index is 0.0422. The molecule has 0 spiro atoms. The van der Waals surface area contributed by atoms with E-state index in [0.29, 0.717) is 30.9 Å². The zero-order valence-electron chi connectivity index (χ0n) is 19.4. The Bertz CT molecular complexity index is 1380. The van der Waals surface area contributed by atoms with Crippen LogP contribution >= 0.6 is 11.3 Å². The van der Waals surface area contributed by atoms with Gasteiger partial charge in [0.1, 0.15) is 0 Å². The molecule has 35 heavy (non-hydrogen) atoms. The van der Waals surface area contributed by atoms with E-state index in [0.717, 1.165) is 44.5 Å². The van der Waals surface area contributed by atoms with E-state index in [1.54, 1.807) is 42.2 Å². The fourth-order valence-electron chi connectivity index (χ4n) is 4.18. The Balaban J connectivity index is 1.26. The van der Waals surface area contributed by atoms with Crippen LogP contribution in [0.5, 0.6) is 0 Å². The second-order valence-electron chi connectivity index (χ2n) is 8.64. The minimum atomic E-state index is -0.145. The third-order valence-corrected chi connectivity index (χ3v) is 7.25. The third kappa shape index (κ3) is 5.39. The van der Waals surface area contributed by atoms with Crippen LogP contribution in [0.2, 0.25) is 0 Å². The predicted molar refractivity (Wildman–Crippen MR) is 137 cm³/mol. The van der Waals surface area contributed by atoms with Crippen LogP contribution in [-0.4, -0.2) is 41.0 Å². The van der Waals surface area contributed by atoms with Gasteiger partial charge in [0.15, 0.2) is 0 Å². The number of carbonyl (C=O) groups is 2. The molecule has 1 aromatic carbocycles. The number of rotatable bonds is 6. The maximum atomic E-state index is 12.8. The van der Waals surface area contributed by atoms with E-state index in [-0.39, 0.29) is 17.9 Å². The van der Waals surface area contributed by atoms with Crippen molar-refractivity contribution in [3.8, 4) is 10.4 Å². The van der Waals surface area contributed by atoms with Gasteiger partial charge in [-0.2, -0.15) is 0 Å². The molecule has 0 atom stereocenters. The Hall–Kier alpha value is -3.62. The number of nitrogens with one attached hydrogen (secondary N) is 2. The van der Waals surface area contributed by atoms with Crippen LogP contribution in [0, 0.1) is 6.92 Å². The summed E-state index contributed by atoms with van der Waals surface area (Å²) >= 11 is 1.57. The molecule has 1 fully saturated rings. The molecule has 3 aromatic heterocycles. The van der Waals surface area contributed by atoms with Crippen molar-refractivity contribution >= 4 is 33.9 Å². The van der Waals surface area contributed by atoms with Crippen molar-refractivity contribution < 1.29 is 14.3 Å². The topological polar surface area (TPSA) is 93.2 Å². The Kier molecular flexibility index (Phi) is 6.83. The largest absolute Gasteiger partial charge is 0.381 e. The third-order valence-electron chi connectivity index (χ3n) is 6.15. The molecule has 4 heterocycles. The summed E-state index contributed by atoms with van der Waals surface area (Å²) in [5.74, 6) is -0.187. The molecule has 5 rings (SSSR count). The van der Waals surface area contributed by atoms with Crippen molar-refractivity contribution in [1.29, 1.82) is 0 Å². The molecule has 0 aliphatic carbocycles. The molecule has 2 N–H and O–H groups in total. The molecule has 178 valence electrons. The summed E-state index contributed by atoms with van der Waals surface area (Å²) in [7, 11) is 0. The van der Waals surface area contributed by atoms with Crippen molar-refractivity contribution in [2.45, 2.75) is 32.4 Å². The first-order valence-corrected chi connectivity index (χ1v) is 12.4. The fourth-order valence-corrected chi connectivity index (χ4v) is 5.18. The van der Waals surface area contributed by atoms with Gasteiger partial charge in [0, 0.05) is 76.9 Å². The molecule has 0 bridgehead atoms. The Morgan fingerprint density at radius 1 is 1.00 bits per heavy atom. The van der Waals surface area contributed by atoms with Gasteiger partial charge < -0.3 is 15.4 Å². The summed E-state index contributed by atoms with van der Waals surface area (Å²) in [4.78, 5) is 35.9. The van der Waals surface area contributed by atoms with Crippen molar-refractivity contribution in [3.63, 3.8) is 0 Å². The van der Waals surface area contributed by atoms with E-state index in [2.05, 4.69) is 20.6 Å². The fraction of sp³-hybridized carbons (Fsp3) is 0.259. The molecular formula is C27H26N4O3S. The molecular weight excluding hydrogens is 460 g/mol. The zero-order valence-corrected chi connectivity index (χ0v) is 20.2. The number of pyridine rings is 2. The average molecular weight is 487 g/mol. The van der Waals surface area contributed by atoms with Gasteiger partial charge in [0.25, 0.3) is 11.8 Å². The predicted octanol–water partition coefficient (Wildman–Crippen LogP) is 4.51. The first-order chi connectivity index (χ1) is 17.1. The number of amides is 2. The minimum Gasteiger partial charge on any atom is -0.381 e. The second-order valence-corrected chi connectivity index (χ2v) is 9.90. The SMILES string of the molecule is Cc1sc(-c2cncc(CNC(=O)c3ccc4cnccc4c3)c2)cc1C(=O)NC1CCOCC1. The number of aromatic nitrogens is 2. The summed E-state index contributed by atoms with van der Waals surface area (Å²) < 4.78 is 5.38. The number of hydrogen-bond acceptors (Lipinski definition) is 6.